The first-order valence-corrected chi connectivity index (χ1v) is 10.3. The molecule has 1 amide bonds. The topological polar surface area (TPSA) is 51.0 Å². The van der Waals surface area contributed by atoms with Crippen molar-refractivity contribution in [2.24, 2.45) is 0 Å². The van der Waals surface area contributed by atoms with Crippen molar-refractivity contribution in [2.75, 3.05) is 6.54 Å². The van der Waals surface area contributed by atoms with Gasteiger partial charge in [-0.2, -0.15) is 5.10 Å². The molecule has 28 heavy (non-hydrogen) atoms. The van der Waals surface area contributed by atoms with Crippen LogP contribution in [0.2, 0.25) is 5.02 Å². The number of fused-ring (bicyclic) bond motifs is 1. The highest BCUT2D eigenvalue weighted by Crippen LogP contribution is 2.32. The molecule has 0 saturated carbocycles. The number of hydrogen-bond acceptors (Lipinski definition) is 3. The summed E-state index contributed by atoms with van der Waals surface area (Å²) in [5.74, 6) is -0.0200. The van der Waals surface area contributed by atoms with Crippen LogP contribution >= 0.6 is 11.6 Å². The molecular formula is C22H25ClN4O. The second-order valence-corrected chi connectivity index (χ2v) is 7.95. The summed E-state index contributed by atoms with van der Waals surface area (Å²) in [6, 6.07) is 8.38. The van der Waals surface area contributed by atoms with Gasteiger partial charge in [0.2, 0.25) is 0 Å². The number of rotatable bonds is 3. The van der Waals surface area contributed by atoms with Crippen LogP contribution in [0.1, 0.15) is 54.2 Å². The number of amides is 1. The third kappa shape index (κ3) is 3.18. The maximum atomic E-state index is 13.2. The summed E-state index contributed by atoms with van der Waals surface area (Å²) < 4.78 is 1.79. The molecule has 3 heterocycles. The monoisotopic (exact) mass is 396 g/mol. The highest BCUT2D eigenvalue weighted by atomic mass is 35.5. The zero-order valence-corrected chi connectivity index (χ0v) is 17.3. The highest BCUT2D eigenvalue weighted by molar-refractivity contribution is 6.38. The van der Waals surface area contributed by atoms with Crippen LogP contribution in [0.15, 0.2) is 30.5 Å². The maximum absolute atomic E-state index is 13.2. The van der Waals surface area contributed by atoms with Crippen LogP contribution in [0.4, 0.5) is 0 Å². The lowest BCUT2D eigenvalue weighted by Gasteiger charge is -2.35. The summed E-state index contributed by atoms with van der Waals surface area (Å²) >= 11 is 6.74. The van der Waals surface area contributed by atoms with Gasteiger partial charge in [-0.05, 0) is 51.7 Å². The van der Waals surface area contributed by atoms with Crippen LogP contribution in [-0.2, 0) is 0 Å². The number of pyridine rings is 1. The minimum Gasteiger partial charge on any atom is -0.336 e. The molecule has 5 nitrogen and oxygen atoms in total. The summed E-state index contributed by atoms with van der Waals surface area (Å²) in [5, 5.41) is 5.84. The van der Waals surface area contributed by atoms with Crippen molar-refractivity contribution >= 4 is 28.5 Å². The number of nitrogens with zero attached hydrogens (tertiary/aromatic N) is 4. The predicted molar refractivity (Wildman–Crippen MR) is 112 cm³/mol. The third-order valence-electron chi connectivity index (χ3n) is 5.68. The van der Waals surface area contributed by atoms with Crippen LogP contribution in [0.5, 0.6) is 0 Å². The normalized spacial score (nSPS) is 17.3. The average molecular weight is 397 g/mol. The van der Waals surface area contributed by atoms with E-state index in [1.54, 1.807) is 10.9 Å². The van der Waals surface area contributed by atoms with Gasteiger partial charge in [0.15, 0.2) is 5.65 Å². The third-order valence-corrected chi connectivity index (χ3v) is 6.07. The van der Waals surface area contributed by atoms with Gasteiger partial charge in [-0.1, -0.05) is 36.2 Å². The van der Waals surface area contributed by atoms with Crippen LogP contribution in [-0.4, -0.2) is 38.2 Å². The lowest BCUT2D eigenvalue weighted by Crippen LogP contribution is -2.43. The van der Waals surface area contributed by atoms with E-state index in [9.17, 15) is 4.79 Å². The second kappa shape index (κ2) is 7.55. The van der Waals surface area contributed by atoms with E-state index in [-0.39, 0.29) is 11.9 Å². The van der Waals surface area contributed by atoms with E-state index in [0.717, 1.165) is 42.6 Å². The molecule has 4 rings (SSSR count). The molecule has 1 saturated heterocycles. The molecule has 2 aromatic heterocycles. The summed E-state index contributed by atoms with van der Waals surface area (Å²) in [5.41, 5.74) is 4.03. The van der Waals surface area contributed by atoms with Crippen LogP contribution in [0.3, 0.4) is 0 Å². The van der Waals surface area contributed by atoms with Crippen molar-refractivity contribution < 1.29 is 4.79 Å². The van der Waals surface area contributed by atoms with Crippen molar-refractivity contribution in [3.63, 3.8) is 0 Å². The van der Waals surface area contributed by atoms with E-state index in [2.05, 4.69) is 17.0 Å². The zero-order valence-electron chi connectivity index (χ0n) is 16.6. The zero-order chi connectivity index (χ0) is 19.8. The van der Waals surface area contributed by atoms with Crippen molar-refractivity contribution in [3.05, 3.63) is 52.3 Å². The molecule has 0 aliphatic carbocycles. The molecule has 1 aliphatic heterocycles. The van der Waals surface area contributed by atoms with Gasteiger partial charge in [-0.3, -0.25) is 4.79 Å². The number of aryl methyl sites for hydroxylation is 2. The van der Waals surface area contributed by atoms with Crippen LogP contribution in [0.25, 0.3) is 16.7 Å². The van der Waals surface area contributed by atoms with E-state index in [0.29, 0.717) is 16.2 Å². The molecule has 0 spiro atoms. The van der Waals surface area contributed by atoms with Gasteiger partial charge in [0.05, 0.1) is 27.4 Å². The minimum absolute atomic E-state index is 0.0200. The average Bonchev–Trinajstić information content (AvgIpc) is 3.05. The van der Waals surface area contributed by atoms with E-state index in [1.807, 2.05) is 43.0 Å². The molecule has 1 atom stereocenters. The fraction of sp³-hybridized carbons (Fsp3) is 0.409. The quantitative estimate of drug-likeness (QED) is 0.619. The predicted octanol–water partition coefficient (Wildman–Crippen LogP) is 5.10. The molecule has 6 heteroatoms. The molecule has 0 N–H and O–H groups in total. The molecule has 3 aromatic rings. The SMILES string of the molecule is CC[C@H]1CCCCN1C(=O)c1cnc2c(c(C)nn2-c2ccc(C)cc2)c1Cl. The van der Waals surface area contributed by atoms with Crippen molar-refractivity contribution in [1.82, 2.24) is 19.7 Å². The van der Waals surface area contributed by atoms with Gasteiger partial charge in [-0.15, -0.1) is 0 Å². The molecule has 0 bridgehead atoms. The Bertz CT molecular complexity index is 1030. The number of aromatic nitrogens is 3. The van der Waals surface area contributed by atoms with Gasteiger partial charge >= 0.3 is 0 Å². The summed E-state index contributed by atoms with van der Waals surface area (Å²) in [6.45, 7) is 6.88. The molecule has 0 unspecified atom stereocenters. The molecular weight excluding hydrogens is 372 g/mol. The van der Waals surface area contributed by atoms with Crippen LogP contribution in [0, 0.1) is 13.8 Å². The van der Waals surface area contributed by atoms with Crippen LogP contribution < -0.4 is 0 Å². The Labute approximate surface area is 170 Å². The first-order chi connectivity index (χ1) is 13.5. The van der Waals surface area contributed by atoms with Crippen molar-refractivity contribution in [2.45, 2.75) is 52.5 Å². The Morgan fingerprint density at radius 3 is 2.68 bits per heavy atom. The standard InChI is InChI=1S/C22H25ClN4O/c1-4-16-7-5-6-12-26(16)22(28)18-13-24-21-19(20(18)23)15(3)25-27(21)17-10-8-14(2)9-11-17/h8-11,13,16H,4-7,12H2,1-3H3/t16-/m0/s1. The Balaban J connectivity index is 1.78. The number of halogens is 1. The Morgan fingerprint density at radius 1 is 1.21 bits per heavy atom. The van der Waals surface area contributed by atoms with Gasteiger partial charge in [0.25, 0.3) is 5.91 Å². The van der Waals surface area contributed by atoms with Crippen molar-refractivity contribution in [1.29, 1.82) is 0 Å². The number of piperidine rings is 1. The molecule has 0 radical (unpaired) electrons. The first-order valence-electron chi connectivity index (χ1n) is 9.93. The van der Waals surface area contributed by atoms with Gasteiger partial charge in [0.1, 0.15) is 0 Å². The largest absolute Gasteiger partial charge is 0.336 e. The smallest absolute Gasteiger partial charge is 0.257 e. The van der Waals surface area contributed by atoms with E-state index in [4.69, 9.17) is 11.6 Å². The van der Waals surface area contributed by atoms with E-state index >= 15 is 0 Å². The number of carbonyl (C=O) groups excluding carboxylic acids is 1. The fourth-order valence-electron chi connectivity index (χ4n) is 4.07. The maximum Gasteiger partial charge on any atom is 0.257 e. The molecule has 146 valence electrons. The number of benzene rings is 1. The van der Waals surface area contributed by atoms with Gasteiger partial charge in [0, 0.05) is 18.8 Å². The Morgan fingerprint density at radius 2 is 1.96 bits per heavy atom. The van der Waals surface area contributed by atoms with E-state index < -0.39 is 0 Å². The number of hydrogen-bond donors (Lipinski definition) is 0. The van der Waals surface area contributed by atoms with Gasteiger partial charge < -0.3 is 4.90 Å². The minimum atomic E-state index is -0.0200. The Kier molecular flexibility index (Phi) is 5.11. The number of carbonyl (C=O) groups is 1. The van der Waals surface area contributed by atoms with Gasteiger partial charge in [-0.25, -0.2) is 9.67 Å². The molecule has 1 fully saturated rings. The second-order valence-electron chi connectivity index (χ2n) is 7.57. The fourth-order valence-corrected chi connectivity index (χ4v) is 4.42. The highest BCUT2D eigenvalue weighted by Gasteiger charge is 2.29. The summed E-state index contributed by atoms with van der Waals surface area (Å²) in [4.78, 5) is 19.8. The van der Waals surface area contributed by atoms with Crippen molar-refractivity contribution in [3.8, 4) is 5.69 Å². The summed E-state index contributed by atoms with van der Waals surface area (Å²) in [7, 11) is 0. The Hall–Kier alpha value is -2.40. The lowest BCUT2D eigenvalue weighted by molar-refractivity contribution is 0.0608. The molecule has 1 aromatic carbocycles. The lowest BCUT2D eigenvalue weighted by atomic mass is 9.99. The first kappa shape index (κ1) is 18.9. The van der Waals surface area contributed by atoms with E-state index in [1.165, 1.54) is 12.0 Å². The number of likely N-dealkylation sites (tertiary alicyclic amines) is 1. The summed E-state index contributed by atoms with van der Waals surface area (Å²) in [6.07, 6.45) is 5.85. The molecule has 1 aliphatic rings.